The molecule has 3 heterocycles. The van der Waals surface area contributed by atoms with E-state index in [4.69, 9.17) is 0 Å². The van der Waals surface area contributed by atoms with Crippen LogP contribution in [0.25, 0.3) is 6.08 Å². The van der Waals surface area contributed by atoms with E-state index < -0.39 is 0 Å². The minimum atomic E-state index is 0.0739. The highest BCUT2D eigenvalue weighted by Crippen LogP contribution is 2.17. The number of rotatable bonds is 3. The quantitative estimate of drug-likeness (QED) is 0.815. The van der Waals surface area contributed by atoms with Crippen LogP contribution in [0.5, 0.6) is 0 Å². The van der Waals surface area contributed by atoms with E-state index in [1.54, 1.807) is 36.0 Å². The maximum Gasteiger partial charge on any atom is 0.246 e. The molecule has 5 nitrogen and oxygen atoms in total. The van der Waals surface area contributed by atoms with Gasteiger partial charge >= 0.3 is 0 Å². The molecule has 22 heavy (non-hydrogen) atoms. The van der Waals surface area contributed by atoms with Gasteiger partial charge in [0.1, 0.15) is 5.82 Å². The number of aromatic nitrogens is 2. The smallest absolute Gasteiger partial charge is 0.246 e. The lowest BCUT2D eigenvalue weighted by Crippen LogP contribution is -2.48. The summed E-state index contributed by atoms with van der Waals surface area (Å²) in [6, 6.07) is 4.10. The molecule has 0 spiro atoms. The second-order valence-electron chi connectivity index (χ2n) is 5.16. The lowest BCUT2D eigenvalue weighted by molar-refractivity contribution is -0.126. The Kier molecular flexibility index (Phi) is 4.48. The van der Waals surface area contributed by atoms with E-state index in [0.717, 1.165) is 23.8 Å². The highest BCUT2D eigenvalue weighted by atomic mass is 32.1. The van der Waals surface area contributed by atoms with Crippen LogP contribution in [0, 0.1) is 6.92 Å². The third kappa shape index (κ3) is 3.51. The number of amides is 1. The van der Waals surface area contributed by atoms with Crippen molar-refractivity contribution in [1.82, 2.24) is 14.9 Å². The lowest BCUT2D eigenvalue weighted by Gasteiger charge is -2.34. The number of carbonyl (C=O) groups excluding carboxylic acids is 1. The SMILES string of the molecule is Cc1ccc(/C=C/C(=O)N2CCN(c3cnccn3)CC2)s1. The molecule has 0 N–H and O–H groups in total. The van der Waals surface area contributed by atoms with E-state index in [2.05, 4.69) is 27.9 Å². The number of anilines is 1. The molecule has 0 bridgehead atoms. The third-order valence-electron chi connectivity index (χ3n) is 3.62. The summed E-state index contributed by atoms with van der Waals surface area (Å²) in [6.45, 7) is 5.06. The number of hydrogen-bond acceptors (Lipinski definition) is 5. The second kappa shape index (κ2) is 6.70. The summed E-state index contributed by atoms with van der Waals surface area (Å²) in [5, 5.41) is 0. The topological polar surface area (TPSA) is 49.3 Å². The van der Waals surface area contributed by atoms with Crippen molar-refractivity contribution in [2.24, 2.45) is 0 Å². The Balaban J connectivity index is 1.55. The molecule has 2 aromatic heterocycles. The molecule has 1 fully saturated rings. The van der Waals surface area contributed by atoms with Crippen LogP contribution in [-0.4, -0.2) is 47.0 Å². The van der Waals surface area contributed by atoms with Gasteiger partial charge in [0.15, 0.2) is 0 Å². The molecule has 0 aromatic carbocycles. The van der Waals surface area contributed by atoms with Gasteiger partial charge in [-0.3, -0.25) is 9.78 Å². The van der Waals surface area contributed by atoms with Gasteiger partial charge in [-0.25, -0.2) is 4.98 Å². The molecule has 2 aromatic rings. The van der Waals surface area contributed by atoms with Gasteiger partial charge < -0.3 is 9.80 Å². The highest BCUT2D eigenvalue weighted by molar-refractivity contribution is 7.12. The molecule has 114 valence electrons. The molecule has 0 saturated carbocycles. The minimum Gasteiger partial charge on any atom is -0.352 e. The fourth-order valence-corrected chi connectivity index (χ4v) is 3.19. The van der Waals surface area contributed by atoms with Crippen molar-refractivity contribution < 1.29 is 4.79 Å². The zero-order valence-electron chi connectivity index (χ0n) is 12.5. The normalized spacial score (nSPS) is 15.5. The summed E-state index contributed by atoms with van der Waals surface area (Å²) in [5.41, 5.74) is 0. The van der Waals surface area contributed by atoms with Gasteiger partial charge in [0.2, 0.25) is 5.91 Å². The summed E-state index contributed by atoms with van der Waals surface area (Å²) in [6.07, 6.45) is 8.69. The molecule has 0 radical (unpaired) electrons. The van der Waals surface area contributed by atoms with Crippen molar-refractivity contribution in [3.63, 3.8) is 0 Å². The van der Waals surface area contributed by atoms with Crippen LogP contribution in [0.4, 0.5) is 5.82 Å². The predicted molar refractivity (Wildman–Crippen MR) is 88.9 cm³/mol. The minimum absolute atomic E-state index is 0.0739. The van der Waals surface area contributed by atoms with Gasteiger partial charge in [0.05, 0.1) is 6.20 Å². The Labute approximate surface area is 133 Å². The largest absolute Gasteiger partial charge is 0.352 e. The van der Waals surface area contributed by atoms with E-state index in [9.17, 15) is 4.79 Å². The Hall–Kier alpha value is -2.21. The van der Waals surface area contributed by atoms with E-state index in [1.807, 2.05) is 17.0 Å². The summed E-state index contributed by atoms with van der Waals surface area (Å²) < 4.78 is 0. The molecular formula is C16H18N4OS. The fourth-order valence-electron chi connectivity index (χ4n) is 2.41. The molecule has 1 saturated heterocycles. The fraction of sp³-hybridized carbons (Fsp3) is 0.312. The molecule has 1 aliphatic heterocycles. The van der Waals surface area contributed by atoms with E-state index in [-0.39, 0.29) is 5.91 Å². The van der Waals surface area contributed by atoms with Crippen molar-refractivity contribution in [3.05, 3.63) is 46.6 Å². The van der Waals surface area contributed by atoms with E-state index in [1.165, 1.54) is 4.88 Å². The zero-order chi connectivity index (χ0) is 15.4. The van der Waals surface area contributed by atoms with Gasteiger partial charge in [-0.2, -0.15) is 0 Å². The van der Waals surface area contributed by atoms with Crippen molar-refractivity contribution in [2.45, 2.75) is 6.92 Å². The highest BCUT2D eigenvalue weighted by Gasteiger charge is 2.20. The molecular weight excluding hydrogens is 296 g/mol. The van der Waals surface area contributed by atoms with Crippen LogP contribution in [-0.2, 0) is 4.79 Å². The van der Waals surface area contributed by atoms with E-state index in [0.29, 0.717) is 13.1 Å². The van der Waals surface area contributed by atoms with Gasteiger partial charge in [-0.15, -0.1) is 11.3 Å². The molecule has 0 atom stereocenters. The van der Waals surface area contributed by atoms with Crippen molar-refractivity contribution in [3.8, 4) is 0 Å². The number of piperazine rings is 1. The first-order valence-corrected chi connectivity index (χ1v) is 8.08. The summed E-state index contributed by atoms with van der Waals surface area (Å²) >= 11 is 1.69. The van der Waals surface area contributed by atoms with Crippen LogP contribution in [0.2, 0.25) is 0 Å². The third-order valence-corrected chi connectivity index (χ3v) is 4.58. The van der Waals surface area contributed by atoms with Crippen molar-refractivity contribution >= 4 is 29.1 Å². The van der Waals surface area contributed by atoms with Crippen LogP contribution in [0.3, 0.4) is 0 Å². The monoisotopic (exact) mass is 314 g/mol. The summed E-state index contributed by atoms with van der Waals surface area (Å²) in [5.74, 6) is 0.948. The van der Waals surface area contributed by atoms with Gasteiger partial charge in [-0.1, -0.05) is 0 Å². The molecule has 3 rings (SSSR count). The molecule has 1 amide bonds. The summed E-state index contributed by atoms with van der Waals surface area (Å²) in [4.78, 5) is 27.0. The molecule has 0 unspecified atom stereocenters. The number of hydrogen-bond donors (Lipinski definition) is 0. The molecule has 0 aliphatic carbocycles. The first kappa shape index (κ1) is 14.7. The average Bonchev–Trinajstić information content (AvgIpc) is 2.99. The average molecular weight is 314 g/mol. The Morgan fingerprint density at radius 3 is 2.68 bits per heavy atom. The van der Waals surface area contributed by atoms with E-state index >= 15 is 0 Å². The predicted octanol–water partition coefficient (Wildman–Crippen LogP) is 2.21. The number of nitrogens with zero attached hydrogens (tertiary/aromatic N) is 4. The maximum absolute atomic E-state index is 12.2. The number of thiophene rings is 1. The number of aryl methyl sites for hydroxylation is 1. The second-order valence-corrected chi connectivity index (χ2v) is 6.48. The van der Waals surface area contributed by atoms with Crippen LogP contribution in [0.15, 0.2) is 36.8 Å². The first-order chi connectivity index (χ1) is 10.7. The Bertz CT molecular complexity index is 660. The van der Waals surface area contributed by atoms with Gasteiger partial charge in [0, 0.05) is 54.4 Å². The zero-order valence-corrected chi connectivity index (χ0v) is 13.3. The standard InChI is InChI=1S/C16H18N4OS/c1-13-2-3-14(22-13)4-5-16(21)20-10-8-19(9-11-20)15-12-17-6-7-18-15/h2-7,12H,8-11H2,1H3/b5-4+. The first-order valence-electron chi connectivity index (χ1n) is 7.27. The lowest BCUT2D eigenvalue weighted by atomic mass is 10.3. The van der Waals surface area contributed by atoms with Crippen LogP contribution >= 0.6 is 11.3 Å². The van der Waals surface area contributed by atoms with Crippen LogP contribution < -0.4 is 4.90 Å². The van der Waals surface area contributed by atoms with Crippen molar-refractivity contribution in [1.29, 1.82) is 0 Å². The number of carbonyl (C=O) groups is 1. The van der Waals surface area contributed by atoms with Crippen LogP contribution in [0.1, 0.15) is 9.75 Å². The van der Waals surface area contributed by atoms with Crippen molar-refractivity contribution in [2.75, 3.05) is 31.1 Å². The Morgan fingerprint density at radius 2 is 2.05 bits per heavy atom. The molecule has 6 heteroatoms. The maximum atomic E-state index is 12.2. The Morgan fingerprint density at radius 1 is 1.23 bits per heavy atom. The van der Waals surface area contributed by atoms with Gasteiger partial charge in [0.25, 0.3) is 0 Å². The van der Waals surface area contributed by atoms with Gasteiger partial charge in [-0.05, 0) is 25.1 Å². The summed E-state index contributed by atoms with van der Waals surface area (Å²) in [7, 11) is 0. The molecule has 1 aliphatic rings.